The van der Waals surface area contributed by atoms with Crippen molar-refractivity contribution in [3.8, 4) is 23.0 Å². The molecule has 178 valence electrons. The second kappa shape index (κ2) is 13.7. The van der Waals surface area contributed by atoms with E-state index in [1.807, 2.05) is 0 Å². The zero-order valence-electron chi connectivity index (χ0n) is 19.0. The molecule has 1 aromatic rings. The van der Waals surface area contributed by atoms with Crippen molar-refractivity contribution in [3.63, 3.8) is 0 Å². The molecule has 1 aliphatic heterocycles. The van der Waals surface area contributed by atoms with Gasteiger partial charge in [0.1, 0.15) is 0 Å². The molecule has 0 aliphatic carbocycles. The molecule has 1 heterocycles. The largest absolute Gasteiger partial charge is 0.504 e. The van der Waals surface area contributed by atoms with E-state index >= 15 is 0 Å². The predicted octanol–water partition coefficient (Wildman–Crippen LogP) is 6.92. The maximum atomic E-state index is 11.4. The number of benzene rings is 1. The van der Waals surface area contributed by atoms with Crippen LogP contribution in [-0.2, 0) is 16.8 Å². The number of phenolic OH excluding ortho intramolecular Hbond substituents is 2. The Kier molecular flexibility index (Phi) is 11.3. The van der Waals surface area contributed by atoms with Crippen molar-refractivity contribution >= 4 is 10.4 Å². The lowest BCUT2D eigenvalue weighted by Gasteiger charge is -2.08. The van der Waals surface area contributed by atoms with Crippen LogP contribution in [0.2, 0.25) is 0 Å². The molecule has 0 aromatic heterocycles. The first-order valence-electron chi connectivity index (χ1n) is 12.2. The van der Waals surface area contributed by atoms with E-state index in [-0.39, 0.29) is 23.0 Å². The van der Waals surface area contributed by atoms with Gasteiger partial charge in [0.15, 0.2) is 11.5 Å². The first-order chi connectivity index (χ1) is 14.9. The molecule has 7 heteroatoms. The highest BCUT2D eigenvalue weighted by molar-refractivity contribution is 7.82. The summed E-state index contributed by atoms with van der Waals surface area (Å²) >= 11 is 0. The third kappa shape index (κ3) is 9.17. The van der Waals surface area contributed by atoms with Gasteiger partial charge in [-0.3, -0.25) is 0 Å². The summed E-state index contributed by atoms with van der Waals surface area (Å²) in [6.07, 6.45) is 21.2. The van der Waals surface area contributed by atoms with Crippen LogP contribution in [0.5, 0.6) is 23.0 Å². The van der Waals surface area contributed by atoms with Crippen LogP contribution in [0.3, 0.4) is 0 Å². The van der Waals surface area contributed by atoms with Gasteiger partial charge in [0.25, 0.3) is 0 Å². The molecule has 0 saturated heterocycles. The number of aryl methyl sites for hydroxylation is 1. The minimum atomic E-state index is -4.24. The summed E-state index contributed by atoms with van der Waals surface area (Å²) in [7, 11) is -4.24. The van der Waals surface area contributed by atoms with Gasteiger partial charge in [-0.2, -0.15) is 0 Å². The number of unbranched alkanes of at least 4 members (excludes halogenated alkanes) is 15. The van der Waals surface area contributed by atoms with Gasteiger partial charge in [-0.1, -0.05) is 103 Å². The Labute approximate surface area is 188 Å². The maximum Gasteiger partial charge on any atom is 0.501 e. The normalized spacial score (nSPS) is 14.2. The third-order valence-corrected chi connectivity index (χ3v) is 6.68. The zero-order valence-corrected chi connectivity index (χ0v) is 19.9. The number of phenols is 2. The van der Waals surface area contributed by atoms with Gasteiger partial charge in [-0.15, -0.1) is 8.42 Å². The molecule has 0 unspecified atom stereocenters. The highest BCUT2D eigenvalue weighted by Gasteiger charge is 2.35. The van der Waals surface area contributed by atoms with E-state index in [1.54, 1.807) is 0 Å². The summed E-state index contributed by atoms with van der Waals surface area (Å²) in [5.41, 5.74) is 0.474. The minimum absolute atomic E-state index is 0.269. The molecule has 0 spiro atoms. The maximum absolute atomic E-state index is 11.4. The average molecular weight is 457 g/mol. The molecule has 2 rings (SSSR count). The van der Waals surface area contributed by atoms with Crippen molar-refractivity contribution in [1.82, 2.24) is 0 Å². The quantitative estimate of drug-likeness (QED) is 0.195. The summed E-state index contributed by atoms with van der Waals surface area (Å²) in [4.78, 5) is 0. The van der Waals surface area contributed by atoms with Gasteiger partial charge in [0, 0.05) is 5.56 Å². The van der Waals surface area contributed by atoms with Crippen LogP contribution in [0, 0.1) is 0 Å². The van der Waals surface area contributed by atoms with Gasteiger partial charge in [-0.05, 0) is 18.9 Å². The molecule has 0 atom stereocenters. The van der Waals surface area contributed by atoms with Crippen LogP contribution >= 0.6 is 0 Å². The lowest BCUT2D eigenvalue weighted by atomic mass is 10.0. The van der Waals surface area contributed by atoms with Crippen molar-refractivity contribution in [3.05, 3.63) is 11.6 Å². The lowest BCUT2D eigenvalue weighted by Crippen LogP contribution is -2.08. The number of rotatable bonds is 17. The first-order valence-corrected chi connectivity index (χ1v) is 13.5. The van der Waals surface area contributed by atoms with E-state index in [9.17, 15) is 18.6 Å². The highest BCUT2D eigenvalue weighted by Crippen LogP contribution is 2.50. The molecular weight excluding hydrogens is 416 g/mol. The van der Waals surface area contributed by atoms with Crippen LogP contribution in [-0.4, -0.2) is 18.6 Å². The summed E-state index contributed by atoms with van der Waals surface area (Å²) in [6.45, 7) is 2.26. The van der Waals surface area contributed by atoms with Crippen LogP contribution in [0.15, 0.2) is 6.07 Å². The molecule has 1 aromatic carbocycles. The Morgan fingerprint density at radius 2 is 1.10 bits per heavy atom. The fourth-order valence-electron chi connectivity index (χ4n) is 4.10. The monoisotopic (exact) mass is 456 g/mol. The van der Waals surface area contributed by atoms with E-state index < -0.39 is 10.4 Å². The zero-order chi connectivity index (χ0) is 22.5. The average Bonchev–Trinajstić information content (AvgIpc) is 3.07. The van der Waals surface area contributed by atoms with Crippen LogP contribution < -0.4 is 8.37 Å². The van der Waals surface area contributed by atoms with Crippen molar-refractivity contribution in [2.24, 2.45) is 0 Å². The lowest BCUT2D eigenvalue weighted by molar-refractivity contribution is 0.414. The van der Waals surface area contributed by atoms with Crippen molar-refractivity contribution in [2.75, 3.05) is 0 Å². The van der Waals surface area contributed by atoms with Gasteiger partial charge in [-0.25, -0.2) is 0 Å². The standard InChI is InChI=1S/C24H40O6S/c1-2-3-4-5-6-7-8-9-10-11-12-13-14-15-16-17-18-20-19-21(25)23-24(22(20)26)30-31(27,28)29-23/h19,25-26H,2-18H2,1H3. The van der Waals surface area contributed by atoms with Crippen molar-refractivity contribution in [1.29, 1.82) is 0 Å². The number of fused-ring (bicyclic) bond motifs is 1. The van der Waals surface area contributed by atoms with E-state index in [2.05, 4.69) is 15.3 Å². The number of aromatic hydroxyl groups is 2. The summed E-state index contributed by atoms with van der Waals surface area (Å²) < 4.78 is 31.9. The smallest absolute Gasteiger partial charge is 0.501 e. The third-order valence-electron chi connectivity index (χ3n) is 5.94. The molecular formula is C24H40O6S. The molecule has 0 amide bonds. The van der Waals surface area contributed by atoms with Gasteiger partial charge in [0.2, 0.25) is 11.5 Å². The number of hydrogen-bond acceptors (Lipinski definition) is 6. The Hall–Kier alpha value is -1.63. The fourth-order valence-corrected chi connectivity index (χ4v) is 4.86. The van der Waals surface area contributed by atoms with E-state index in [0.717, 1.165) is 19.3 Å². The minimum Gasteiger partial charge on any atom is -0.504 e. The summed E-state index contributed by atoms with van der Waals surface area (Å²) in [5.74, 6) is -1.25. The topological polar surface area (TPSA) is 93.1 Å². The van der Waals surface area contributed by atoms with Gasteiger partial charge in [0.05, 0.1) is 0 Å². The van der Waals surface area contributed by atoms with E-state index in [0.29, 0.717) is 12.0 Å². The van der Waals surface area contributed by atoms with Gasteiger partial charge >= 0.3 is 10.4 Å². The van der Waals surface area contributed by atoms with E-state index in [4.69, 9.17) is 0 Å². The molecule has 0 fully saturated rings. The fraction of sp³-hybridized carbons (Fsp3) is 0.750. The number of hydrogen-bond donors (Lipinski definition) is 2. The molecule has 0 bridgehead atoms. The summed E-state index contributed by atoms with van der Waals surface area (Å²) in [5, 5.41) is 20.1. The predicted molar refractivity (Wildman–Crippen MR) is 123 cm³/mol. The van der Waals surface area contributed by atoms with Crippen molar-refractivity contribution in [2.45, 2.75) is 116 Å². The Balaban J connectivity index is 1.47. The molecule has 0 saturated carbocycles. The van der Waals surface area contributed by atoms with Crippen molar-refractivity contribution < 1.29 is 27.0 Å². The summed E-state index contributed by atoms with van der Waals surface area (Å²) in [6, 6.07) is 1.35. The first kappa shape index (κ1) is 25.6. The molecule has 31 heavy (non-hydrogen) atoms. The van der Waals surface area contributed by atoms with Crippen LogP contribution in [0.4, 0.5) is 0 Å². The van der Waals surface area contributed by atoms with Crippen LogP contribution in [0.25, 0.3) is 0 Å². The van der Waals surface area contributed by atoms with Crippen LogP contribution in [0.1, 0.15) is 115 Å². The molecule has 6 nitrogen and oxygen atoms in total. The molecule has 1 aliphatic rings. The molecule has 2 N–H and O–H groups in total. The second-order valence-corrected chi connectivity index (χ2v) is 9.84. The Bertz CT molecular complexity index is 760. The molecule has 0 radical (unpaired) electrons. The Morgan fingerprint density at radius 3 is 1.58 bits per heavy atom. The second-order valence-electron chi connectivity index (χ2n) is 8.69. The van der Waals surface area contributed by atoms with E-state index in [1.165, 1.54) is 89.5 Å². The highest BCUT2D eigenvalue weighted by atomic mass is 32.3. The Morgan fingerprint density at radius 1 is 0.677 bits per heavy atom. The SMILES string of the molecule is CCCCCCCCCCCCCCCCCCc1cc(O)c2c(c1O)OS(=O)(=O)O2. The van der Waals surface area contributed by atoms with Gasteiger partial charge < -0.3 is 18.6 Å².